The van der Waals surface area contributed by atoms with Crippen LogP contribution in [0.4, 0.5) is 0 Å². The molecule has 0 bridgehead atoms. The summed E-state index contributed by atoms with van der Waals surface area (Å²) < 4.78 is 17.3. The number of hydrogen-bond acceptors (Lipinski definition) is 6. The molecule has 0 radical (unpaired) electrons. The number of nitrogens with one attached hydrogen (secondary N) is 1. The predicted octanol–water partition coefficient (Wildman–Crippen LogP) is 6.90. The minimum atomic E-state index is -0.581. The summed E-state index contributed by atoms with van der Waals surface area (Å²) in [7, 11) is 0. The van der Waals surface area contributed by atoms with Gasteiger partial charge in [-0.15, -0.1) is 0 Å². The second-order valence-electron chi connectivity index (χ2n) is 10.4. The molecule has 202 valence electrons. The van der Waals surface area contributed by atoms with Gasteiger partial charge in [0.05, 0.1) is 5.57 Å². The number of ketones is 1. The zero-order chi connectivity index (χ0) is 28.0. The van der Waals surface area contributed by atoms with Crippen molar-refractivity contribution in [2.75, 3.05) is 13.2 Å². The second kappa shape index (κ2) is 12.0. The molecule has 6 nitrogen and oxygen atoms in total. The number of carbonyl (C=O) groups excluding carboxylic acids is 2. The van der Waals surface area contributed by atoms with Crippen molar-refractivity contribution in [3.63, 3.8) is 0 Å². The van der Waals surface area contributed by atoms with E-state index in [1.54, 1.807) is 18.2 Å². The Balaban J connectivity index is 1.66. The number of rotatable bonds is 10. The lowest BCUT2D eigenvalue weighted by atomic mass is 9.68. The number of dihydropyridines is 1. The largest absolute Gasteiger partial charge is 0.490 e. The van der Waals surface area contributed by atoms with Crippen LogP contribution in [0.1, 0.15) is 45.1 Å². The molecule has 0 aromatic heterocycles. The van der Waals surface area contributed by atoms with Gasteiger partial charge < -0.3 is 19.5 Å². The van der Waals surface area contributed by atoms with E-state index in [9.17, 15) is 9.59 Å². The monoisotopic (exact) mass is 525 g/mol. The Morgan fingerprint density at radius 1 is 1.03 bits per heavy atom. The van der Waals surface area contributed by atoms with Crippen LogP contribution in [0.2, 0.25) is 0 Å². The summed E-state index contributed by atoms with van der Waals surface area (Å²) in [6.45, 7) is 13.6. The molecule has 0 spiro atoms. The van der Waals surface area contributed by atoms with E-state index < -0.39 is 11.9 Å². The van der Waals surface area contributed by atoms with Crippen molar-refractivity contribution in [1.29, 1.82) is 0 Å². The van der Waals surface area contributed by atoms with Gasteiger partial charge in [0.2, 0.25) is 0 Å². The van der Waals surface area contributed by atoms with Crippen molar-refractivity contribution >= 4 is 11.8 Å². The minimum Gasteiger partial charge on any atom is -0.490 e. The van der Waals surface area contributed by atoms with Crippen LogP contribution in [-0.2, 0) is 19.1 Å². The van der Waals surface area contributed by atoms with Crippen molar-refractivity contribution < 1.29 is 23.8 Å². The normalized spacial score (nSPS) is 18.6. The number of esters is 1. The molecule has 6 heteroatoms. The molecule has 2 aromatic rings. The molecule has 1 N–H and O–H groups in total. The Hall–Kier alpha value is -4.32. The highest BCUT2D eigenvalue weighted by Gasteiger charge is 2.43. The molecule has 0 fully saturated rings. The van der Waals surface area contributed by atoms with Gasteiger partial charge in [-0.25, -0.2) is 4.79 Å². The number of para-hydroxylation sites is 1. The van der Waals surface area contributed by atoms with Crippen molar-refractivity contribution in [1.82, 2.24) is 5.32 Å². The fraction of sp³-hybridized carbons (Fsp3) is 0.273. The fourth-order valence-corrected chi connectivity index (χ4v) is 5.09. The zero-order valence-electron chi connectivity index (χ0n) is 22.8. The Kier molecular flexibility index (Phi) is 8.55. The number of Topliss-reactive ketones (excluding diaryl/α,β-unsaturated/α-hetero) is 1. The number of benzene rings is 2. The molecule has 1 aliphatic carbocycles. The maximum Gasteiger partial charge on any atom is 0.336 e. The van der Waals surface area contributed by atoms with Gasteiger partial charge in [0.15, 0.2) is 5.78 Å². The number of hydrogen-bond donors (Lipinski definition) is 1. The van der Waals surface area contributed by atoms with E-state index in [0.29, 0.717) is 46.9 Å². The van der Waals surface area contributed by atoms with E-state index in [0.717, 1.165) is 11.3 Å². The summed E-state index contributed by atoms with van der Waals surface area (Å²) in [5, 5.41) is 3.37. The molecule has 1 aliphatic heterocycles. The van der Waals surface area contributed by atoms with Gasteiger partial charge in [0, 0.05) is 29.3 Å². The molecule has 4 rings (SSSR count). The van der Waals surface area contributed by atoms with Crippen LogP contribution >= 0.6 is 0 Å². The second-order valence-corrected chi connectivity index (χ2v) is 10.4. The molecule has 2 aliphatic rings. The average Bonchev–Trinajstić information content (AvgIpc) is 2.89. The fourth-order valence-electron chi connectivity index (χ4n) is 5.09. The van der Waals surface area contributed by atoms with Gasteiger partial charge in [-0.2, -0.15) is 0 Å². The number of carbonyl (C=O) groups is 2. The van der Waals surface area contributed by atoms with E-state index in [1.807, 2.05) is 61.5 Å². The van der Waals surface area contributed by atoms with E-state index >= 15 is 0 Å². The number of ether oxygens (including phenoxy) is 3. The molecule has 1 unspecified atom stereocenters. The van der Waals surface area contributed by atoms with Gasteiger partial charge in [0.1, 0.15) is 30.5 Å². The highest BCUT2D eigenvalue weighted by molar-refractivity contribution is 6.04. The maximum atomic E-state index is 13.6. The van der Waals surface area contributed by atoms with E-state index in [-0.39, 0.29) is 24.4 Å². The molecule has 1 atom stereocenters. The highest BCUT2D eigenvalue weighted by Crippen LogP contribution is 2.47. The summed E-state index contributed by atoms with van der Waals surface area (Å²) in [4.78, 5) is 27.1. The molecule has 39 heavy (non-hydrogen) atoms. The highest BCUT2D eigenvalue weighted by atomic mass is 16.6. The summed E-state index contributed by atoms with van der Waals surface area (Å²) in [6.07, 6.45) is 5.94. The van der Waals surface area contributed by atoms with Crippen LogP contribution < -0.4 is 10.1 Å². The quantitative estimate of drug-likeness (QED) is 0.157. The van der Waals surface area contributed by atoms with Crippen LogP contribution in [0.25, 0.3) is 0 Å². The SMILES string of the molecule is C=C/C=C(\C=C)OCCOC(=O)C1=C(C)NC2=C(C(=O)CC(C)(C)C2)C1c1cccc(Oc2ccccc2)c1. The Bertz CT molecular complexity index is 1360. The Labute approximate surface area is 230 Å². The van der Waals surface area contributed by atoms with E-state index in [2.05, 4.69) is 32.3 Å². The Morgan fingerprint density at radius 2 is 1.74 bits per heavy atom. The van der Waals surface area contributed by atoms with Crippen molar-refractivity contribution in [3.8, 4) is 11.5 Å². The topological polar surface area (TPSA) is 73.9 Å². The van der Waals surface area contributed by atoms with Crippen LogP contribution in [0.5, 0.6) is 11.5 Å². The smallest absolute Gasteiger partial charge is 0.336 e. The van der Waals surface area contributed by atoms with Crippen LogP contribution in [0, 0.1) is 5.41 Å². The third-order valence-corrected chi connectivity index (χ3v) is 6.70. The third kappa shape index (κ3) is 6.58. The molecule has 0 saturated heterocycles. The van der Waals surface area contributed by atoms with Gasteiger partial charge in [-0.05, 0) is 60.7 Å². The van der Waals surface area contributed by atoms with E-state index in [4.69, 9.17) is 14.2 Å². The van der Waals surface area contributed by atoms with Crippen LogP contribution in [0.3, 0.4) is 0 Å². The lowest BCUT2D eigenvalue weighted by Gasteiger charge is -2.39. The first kappa shape index (κ1) is 27.7. The first-order valence-corrected chi connectivity index (χ1v) is 13.0. The summed E-state index contributed by atoms with van der Waals surface area (Å²) in [5.41, 5.74) is 3.16. The van der Waals surface area contributed by atoms with Crippen LogP contribution in [0.15, 0.2) is 114 Å². The zero-order valence-corrected chi connectivity index (χ0v) is 22.8. The molecular formula is C33H35NO5. The summed E-state index contributed by atoms with van der Waals surface area (Å²) >= 11 is 0. The number of allylic oxidation sites excluding steroid dienone is 6. The first-order chi connectivity index (χ1) is 18.7. The lowest BCUT2D eigenvalue weighted by molar-refractivity contribution is -0.140. The maximum absolute atomic E-state index is 13.6. The minimum absolute atomic E-state index is 0.0273. The molecule has 1 heterocycles. The standard InChI is InChI=1S/C33H35NO5/c1-6-12-24(7-2)37-17-18-38-32(36)29-22(3)34-27-20-33(4,5)21-28(35)31(27)30(29)23-13-11-16-26(19-23)39-25-14-9-8-10-15-25/h6-16,19,30,34H,1-2,17-18,20-21H2,3-5H3/b24-12+. The van der Waals surface area contributed by atoms with Gasteiger partial charge in [-0.1, -0.05) is 63.4 Å². The average molecular weight is 526 g/mol. The van der Waals surface area contributed by atoms with Gasteiger partial charge in [-0.3, -0.25) is 4.79 Å². The molecule has 0 saturated carbocycles. The van der Waals surface area contributed by atoms with Crippen molar-refractivity contribution in [2.45, 2.75) is 39.5 Å². The lowest BCUT2D eigenvalue weighted by Crippen LogP contribution is -2.38. The first-order valence-electron chi connectivity index (χ1n) is 13.0. The van der Waals surface area contributed by atoms with Crippen LogP contribution in [-0.4, -0.2) is 25.0 Å². The molecular weight excluding hydrogens is 490 g/mol. The summed E-state index contributed by atoms with van der Waals surface area (Å²) in [6, 6.07) is 17.0. The van der Waals surface area contributed by atoms with Crippen molar-refractivity contribution in [3.05, 3.63) is 120 Å². The van der Waals surface area contributed by atoms with Gasteiger partial charge in [0.25, 0.3) is 0 Å². The van der Waals surface area contributed by atoms with Gasteiger partial charge >= 0.3 is 5.97 Å². The Morgan fingerprint density at radius 3 is 2.46 bits per heavy atom. The molecule has 2 aromatic carbocycles. The van der Waals surface area contributed by atoms with E-state index in [1.165, 1.54) is 0 Å². The summed E-state index contributed by atoms with van der Waals surface area (Å²) in [5.74, 6) is 0.800. The third-order valence-electron chi connectivity index (χ3n) is 6.70. The molecule has 0 amide bonds. The predicted molar refractivity (Wildman–Crippen MR) is 152 cm³/mol. The van der Waals surface area contributed by atoms with Crippen molar-refractivity contribution in [2.24, 2.45) is 5.41 Å².